The van der Waals surface area contributed by atoms with E-state index in [2.05, 4.69) is 15.5 Å². The zero-order valence-corrected chi connectivity index (χ0v) is 10.9. The summed E-state index contributed by atoms with van der Waals surface area (Å²) >= 11 is 0. The number of aromatic amines is 1. The van der Waals surface area contributed by atoms with Gasteiger partial charge in [0.2, 0.25) is 5.91 Å². The highest BCUT2D eigenvalue weighted by molar-refractivity contribution is 5.94. The SMILES string of the molecule is O=C(Cc1cc(F)cc(F)c1)Nc1ccc2[nH]ncc2c1. The van der Waals surface area contributed by atoms with E-state index in [1.807, 2.05) is 0 Å². The van der Waals surface area contributed by atoms with Crippen molar-refractivity contribution in [2.24, 2.45) is 0 Å². The van der Waals surface area contributed by atoms with E-state index >= 15 is 0 Å². The van der Waals surface area contributed by atoms with Gasteiger partial charge >= 0.3 is 0 Å². The lowest BCUT2D eigenvalue weighted by Crippen LogP contribution is -2.14. The Morgan fingerprint density at radius 3 is 2.67 bits per heavy atom. The number of nitrogens with zero attached hydrogens (tertiary/aromatic N) is 1. The van der Waals surface area contributed by atoms with Crippen LogP contribution in [0.5, 0.6) is 0 Å². The van der Waals surface area contributed by atoms with Gasteiger partial charge < -0.3 is 5.32 Å². The number of benzene rings is 2. The fraction of sp³-hybridized carbons (Fsp3) is 0.0667. The molecule has 0 bridgehead atoms. The highest BCUT2D eigenvalue weighted by atomic mass is 19.1. The lowest BCUT2D eigenvalue weighted by molar-refractivity contribution is -0.115. The largest absolute Gasteiger partial charge is 0.326 e. The Labute approximate surface area is 118 Å². The lowest BCUT2D eigenvalue weighted by Gasteiger charge is -2.06. The Hall–Kier alpha value is -2.76. The maximum absolute atomic E-state index is 13.1. The van der Waals surface area contributed by atoms with Gasteiger partial charge in [0.15, 0.2) is 0 Å². The Morgan fingerprint density at radius 2 is 1.90 bits per heavy atom. The third-order valence-electron chi connectivity index (χ3n) is 3.01. The van der Waals surface area contributed by atoms with E-state index in [-0.39, 0.29) is 17.9 Å². The molecule has 106 valence electrons. The molecule has 0 spiro atoms. The van der Waals surface area contributed by atoms with Crippen molar-refractivity contribution in [1.82, 2.24) is 10.2 Å². The molecule has 0 aliphatic heterocycles. The molecular weight excluding hydrogens is 276 g/mol. The Balaban J connectivity index is 1.73. The molecule has 4 nitrogen and oxygen atoms in total. The lowest BCUT2D eigenvalue weighted by atomic mass is 10.1. The minimum Gasteiger partial charge on any atom is -0.326 e. The number of fused-ring (bicyclic) bond motifs is 1. The summed E-state index contributed by atoms with van der Waals surface area (Å²) in [5.41, 5.74) is 1.75. The van der Waals surface area contributed by atoms with Crippen molar-refractivity contribution in [2.75, 3.05) is 5.32 Å². The van der Waals surface area contributed by atoms with Gasteiger partial charge in [-0.3, -0.25) is 9.89 Å². The Bertz CT molecular complexity index is 793. The van der Waals surface area contributed by atoms with Gasteiger partial charge in [0.1, 0.15) is 11.6 Å². The van der Waals surface area contributed by atoms with Crippen LogP contribution in [0.1, 0.15) is 5.56 Å². The number of hydrogen-bond donors (Lipinski definition) is 2. The fourth-order valence-electron chi connectivity index (χ4n) is 2.12. The molecule has 1 heterocycles. The molecule has 1 amide bonds. The number of H-pyrrole nitrogens is 1. The highest BCUT2D eigenvalue weighted by Gasteiger charge is 2.08. The maximum atomic E-state index is 13.1. The van der Waals surface area contributed by atoms with Crippen molar-refractivity contribution in [2.45, 2.75) is 6.42 Å². The van der Waals surface area contributed by atoms with E-state index in [0.717, 1.165) is 29.1 Å². The molecule has 2 N–H and O–H groups in total. The van der Waals surface area contributed by atoms with Gasteiger partial charge in [-0.05, 0) is 35.9 Å². The molecule has 0 aliphatic carbocycles. The molecule has 0 fully saturated rings. The van der Waals surface area contributed by atoms with E-state index in [9.17, 15) is 13.6 Å². The second kappa shape index (κ2) is 5.32. The number of nitrogens with one attached hydrogen (secondary N) is 2. The minimum absolute atomic E-state index is 0.0991. The molecule has 3 aromatic rings. The average molecular weight is 287 g/mol. The highest BCUT2D eigenvalue weighted by Crippen LogP contribution is 2.17. The van der Waals surface area contributed by atoms with E-state index in [1.54, 1.807) is 24.4 Å². The number of halogens is 2. The van der Waals surface area contributed by atoms with E-state index in [4.69, 9.17) is 0 Å². The van der Waals surface area contributed by atoms with Crippen molar-refractivity contribution in [3.8, 4) is 0 Å². The van der Waals surface area contributed by atoms with Crippen LogP contribution in [0.2, 0.25) is 0 Å². The van der Waals surface area contributed by atoms with Gasteiger partial charge in [0.25, 0.3) is 0 Å². The summed E-state index contributed by atoms with van der Waals surface area (Å²) in [7, 11) is 0. The molecule has 6 heteroatoms. The van der Waals surface area contributed by atoms with Crippen LogP contribution in [0.15, 0.2) is 42.6 Å². The van der Waals surface area contributed by atoms with E-state index < -0.39 is 11.6 Å². The van der Waals surface area contributed by atoms with Gasteiger partial charge in [0.05, 0.1) is 18.1 Å². The predicted molar refractivity (Wildman–Crippen MR) is 74.8 cm³/mol. The van der Waals surface area contributed by atoms with Gasteiger partial charge in [-0.2, -0.15) is 5.10 Å². The third kappa shape index (κ3) is 3.05. The fourth-order valence-corrected chi connectivity index (χ4v) is 2.12. The second-order valence-electron chi connectivity index (χ2n) is 4.67. The summed E-state index contributed by atoms with van der Waals surface area (Å²) in [5.74, 6) is -1.74. The number of rotatable bonds is 3. The van der Waals surface area contributed by atoms with Crippen molar-refractivity contribution in [3.63, 3.8) is 0 Å². The third-order valence-corrected chi connectivity index (χ3v) is 3.01. The van der Waals surface area contributed by atoms with Gasteiger partial charge in [-0.15, -0.1) is 0 Å². The first-order valence-corrected chi connectivity index (χ1v) is 6.28. The number of aromatic nitrogens is 2. The van der Waals surface area contributed by atoms with E-state index in [1.165, 1.54) is 0 Å². The number of anilines is 1. The number of hydrogen-bond acceptors (Lipinski definition) is 2. The number of amides is 1. The van der Waals surface area contributed by atoms with Crippen molar-refractivity contribution >= 4 is 22.5 Å². The molecule has 0 radical (unpaired) electrons. The summed E-state index contributed by atoms with van der Waals surface area (Å²) < 4.78 is 26.1. The normalized spacial score (nSPS) is 10.8. The molecule has 0 atom stereocenters. The van der Waals surface area contributed by atoms with Crippen molar-refractivity contribution in [3.05, 3.63) is 59.8 Å². The van der Waals surface area contributed by atoms with Crippen molar-refractivity contribution < 1.29 is 13.6 Å². The summed E-state index contributed by atoms with van der Waals surface area (Å²) in [6, 6.07) is 8.34. The van der Waals surface area contributed by atoms with Crippen molar-refractivity contribution in [1.29, 1.82) is 0 Å². The van der Waals surface area contributed by atoms with Crippen LogP contribution in [0.3, 0.4) is 0 Å². The average Bonchev–Trinajstić information content (AvgIpc) is 2.84. The summed E-state index contributed by atoms with van der Waals surface area (Å²) in [5, 5.41) is 10.2. The maximum Gasteiger partial charge on any atom is 0.228 e. The standard InChI is InChI=1S/C15H11F2N3O/c16-11-3-9(4-12(17)7-11)5-15(21)19-13-1-2-14-10(6-13)8-18-20-14/h1-4,6-8H,5H2,(H,18,20)(H,19,21). The number of carbonyl (C=O) groups excluding carboxylic acids is 1. The quantitative estimate of drug-likeness (QED) is 0.778. The Kier molecular flexibility index (Phi) is 3.35. The minimum atomic E-state index is -0.697. The van der Waals surface area contributed by atoms with Crippen LogP contribution < -0.4 is 5.32 Å². The molecule has 0 unspecified atom stereocenters. The van der Waals surface area contributed by atoms with Crippen LogP contribution >= 0.6 is 0 Å². The van der Waals surface area contributed by atoms with E-state index in [0.29, 0.717) is 5.69 Å². The molecular formula is C15H11F2N3O. The van der Waals surface area contributed by atoms with Crippen LogP contribution in [0.25, 0.3) is 10.9 Å². The monoisotopic (exact) mass is 287 g/mol. The first-order valence-electron chi connectivity index (χ1n) is 6.28. The second-order valence-corrected chi connectivity index (χ2v) is 4.67. The van der Waals surface area contributed by atoms with Gasteiger partial charge in [-0.1, -0.05) is 0 Å². The topological polar surface area (TPSA) is 57.8 Å². The van der Waals surface area contributed by atoms with Crippen LogP contribution in [-0.2, 0) is 11.2 Å². The van der Waals surface area contributed by atoms with Gasteiger partial charge in [-0.25, -0.2) is 8.78 Å². The zero-order chi connectivity index (χ0) is 14.8. The molecule has 1 aromatic heterocycles. The van der Waals surface area contributed by atoms with Gasteiger partial charge in [0, 0.05) is 17.1 Å². The summed E-state index contributed by atoms with van der Waals surface area (Å²) in [6.45, 7) is 0. The molecule has 0 saturated heterocycles. The molecule has 2 aromatic carbocycles. The first-order chi connectivity index (χ1) is 10.1. The summed E-state index contributed by atoms with van der Waals surface area (Å²) in [6.07, 6.45) is 1.55. The van der Waals surface area contributed by atoms with Crippen LogP contribution in [0.4, 0.5) is 14.5 Å². The molecule has 21 heavy (non-hydrogen) atoms. The molecule has 0 aliphatic rings. The smallest absolute Gasteiger partial charge is 0.228 e. The molecule has 0 saturated carbocycles. The molecule has 3 rings (SSSR count). The number of carbonyl (C=O) groups is 1. The van der Waals surface area contributed by atoms with Crippen LogP contribution in [0, 0.1) is 11.6 Å². The predicted octanol–water partition coefficient (Wildman–Crippen LogP) is 3.02. The zero-order valence-electron chi connectivity index (χ0n) is 10.9. The Morgan fingerprint density at radius 1 is 1.14 bits per heavy atom. The summed E-state index contributed by atoms with van der Waals surface area (Å²) in [4.78, 5) is 11.9. The van der Waals surface area contributed by atoms with Crippen LogP contribution in [-0.4, -0.2) is 16.1 Å². The first kappa shape index (κ1) is 13.2.